The Balaban J connectivity index is 2.57. The topological polar surface area (TPSA) is 20.3 Å². The minimum absolute atomic E-state index is 0.324. The van der Waals surface area contributed by atoms with E-state index in [0.717, 1.165) is 19.5 Å². The van der Waals surface area contributed by atoms with Crippen molar-refractivity contribution in [2.45, 2.75) is 26.7 Å². The first-order valence-electron chi connectivity index (χ1n) is 4.90. The predicted molar refractivity (Wildman–Crippen MR) is 50.1 cm³/mol. The largest absolute Gasteiger partial charge is 0.305 e. The van der Waals surface area contributed by atoms with Gasteiger partial charge < -0.3 is 4.90 Å². The van der Waals surface area contributed by atoms with Crippen molar-refractivity contribution < 1.29 is 4.79 Å². The number of hydrogen-bond acceptors (Lipinski definition) is 2. The third-order valence-electron chi connectivity index (χ3n) is 2.91. The second kappa shape index (κ2) is 4.04. The summed E-state index contributed by atoms with van der Waals surface area (Å²) in [5.74, 6) is 1.39. The number of Topliss-reactive ketones (excluding diaryl/α,β-unsaturated/α-hetero) is 1. The lowest BCUT2D eigenvalue weighted by Crippen LogP contribution is -2.21. The third kappa shape index (κ3) is 1.86. The zero-order valence-corrected chi connectivity index (χ0v) is 8.34. The number of nitrogens with zero attached hydrogens (tertiary/aromatic N) is 1. The van der Waals surface area contributed by atoms with E-state index in [0.29, 0.717) is 24.0 Å². The van der Waals surface area contributed by atoms with Gasteiger partial charge in [-0.3, -0.25) is 4.79 Å². The molecule has 1 unspecified atom stereocenters. The van der Waals surface area contributed by atoms with E-state index in [1.807, 2.05) is 6.92 Å². The van der Waals surface area contributed by atoms with Gasteiger partial charge in [0.05, 0.1) is 0 Å². The van der Waals surface area contributed by atoms with Crippen molar-refractivity contribution in [1.82, 2.24) is 4.90 Å². The molecule has 1 rings (SSSR count). The molecule has 1 saturated heterocycles. The molecule has 0 bridgehead atoms. The van der Waals surface area contributed by atoms with Crippen molar-refractivity contribution in [1.29, 1.82) is 0 Å². The van der Waals surface area contributed by atoms with Crippen LogP contribution < -0.4 is 0 Å². The molecule has 0 spiro atoms. The van der Waals surface area contributed by atoms with Gasteiger partial charge in [-0.1, -0.05) is 20.3 Å². The third-order valence-corrected chi connectivity index (χ3v) is 2.91. The van der Waals surface area contributed by atoms with Crippen molar-refractivity contribution in [2.75, 3.05) is 20.1 Å². The summed E-state index contributed by atoms with van der Waals surface area (Å²) in [5, 5.41) is 0. The van der Waals surface area contributed by atoms with E-state index in [4.69, 9.17) is 0 Å². The molecule has 0 aliphatic carbocycles. The van der Waals surface area contributed by atoms with E-state index in [1.54, 1.807) is 0 Å². The second-order valence-corrected chi connectivity index (χ2v) is 3.82. The number of carbonyl (C=O) groups is 1. The first-order valence-corrected chi connectivity index (χ1v) is 4.90. The number of carbonyl (C=O) groups excluding carboxylic acids is 1. The van der Waals surface area contributed by atoms with Crippen LogP contribution in [0.5, 0.6) is 0 Å². The first kappa shape index (κ1) is 9.72. The molecule has 0 amide bonds. The van der Waals surface area contributed by atoms with Gasteiger partial charge >= 0.3 is 0 Å². The summed E-state index contributed by atoms with van der Waals surface area (Å²) >= 11 is 0. The van der Waals surface area contributed by atoms with E-state index in [9.17, 15) is 4.79 Å². The van der Waals surface area contributed by atoms with Gasteiger partial charge in [-0.2, -0.15) is 0 Å². The average Bonchev–Trinajstić information content (AvgIpc) is 2.45. The molecule has 12 heavy (non-hydrogen) atoms. The van der Waals surface area contributed by atoms with Crippen LogP contribution in [0, 0.1) is 11.8 Å². The van der Waals surface area contributed by atoms with Crippen LogP contribution >= 0.6 is 0 Å². The zero-order valence-electron chi connectivity index (χ0n) is 8.34. The normalized spacial score (nSPS) is 30.9. The molecule has 2 heteroatoms. The van der Waals surface area contributed by atoms with E-state index < -0.39 is 0 Å². The van der Waals surface area contributed by atoms with Crippen LogP contribution in [0.15, 0.2) is 0 Å². The number of likely N-dealkylation sites (tertiary alicyclic amines) is 1. The number of rotatable bonds is 3. The molecule has 0 N–H and O–H groups in total. The fourth-order valence-electron chi connectivity index (χ4n) is 2.13. The summed E-state index contributed by atoms with van der Waals surface area (Å²) in [7, 11) is 2.10. The fraction of sp³-hybridized carbons (Fsp3) is 0.900. The summed E-state index contributed by atoms with van der Waals surface area (Å²) in [6.07, 6.45) is 1.84. The van der Waals surface area contributed by atoms with Crippen LogP contribution in [0.3, 0.4) is 0 Å². The van der Waals surface area contributed by atoms with E-state index >= 15 is 0 Å². The Bertz CT molecular complexity index is 167. The molecular formula is C10H19NO. The van der Waals surface area contributed by atoms with Gasteiger partial charge in [0.2, 0.25) is 0 Å². The molecule has 0 aromatic rings. The van der Waals surface area contributed by atoms with Crippen molar-refractivity contribution >= 4 is 5.78 Å². The van der Waals surface area contributed by atoms with Crippen molar-refractivity contribution in [3.05, 3.63) is 0 Å². The first-order chi connectivity index (χ1) is 5.69. The summed E-state index contributed by atoms with van der Waals surface area (Å²) in [6, 6.07) is 0. The Morgan fingerprint density at radius 3 is 2.58 bits per heavy atom. The molecule has 0 saturated carbocycles. The summed E-state index contributed by atoms with van der Waals surface area (Å²) in [5.41, 5.74) is 0. The van der Waals surface area contributed by atoms with Gasteiger partial charge in [-0.15, -0.1) is 0 Å². The van der Waals surface area contributed by atoms with Gasteiger partial charge in [-0.25, -0.2) is 0 Å². The highest BCUT2D eigenvalue weighted by molar-refractivity contribution is 5.81. The lowest BCUT2D eigenvalue weighted by Gasteiger charge is -2.13. The minimum Gasteiger partial charge on any atom is -0.305 e. The Morgan fingerprint density at radius 1 is 1.42 bits per heavy atom. The lowest BCUT2D eigenvalue weighted by molar-refractivity contribution is -0.123. The average molecular weight is 169 g/mol. The zero-order chi connectivity index (χ0) is 9.14. The smallest absolute Gasteiger partial charge is 0.137 e. The Hall–Kier alpha value is -0.370. The standard InChI is InChI=1S/C10H19NO/c1-4-8-6-11(3)7-9(8)10(12)5-2/h8-9H,4-7H2,1-3H3/t8-,9?/m1/s1. The number of hydrogen-bond donors (Lipinski definition) is 0. The van der Waals surface area contributed by atoms with Crippen LogP contribution in [0.4, 0.5) is 0 Å². The van der Waals surface area contributed by atoms with Crippen LogP contribution in [0.25, 0.3) is 0 Å². The minimum atomic E-state index is 0.324. The maximum absolute atomic E-state index is 11.5. The molecule has 0 aromatic heterocycles. The van der Waals surface area contributed by atoms with Crippen LogP contribution in [-0.2, 0) is 4.79 Å². The van der Waals surface area contributed by atoms with E-state index in [-0.39, 0.29) is 0 Å². The Morgan fingerprint density at radius 2 is 2.08 bits per heavy atom. The van der Waals surface area contributed by atoms with Gasteiger partial charge in [0.1, 0.15) is 5.78 Å². The second-order valence-electron chi connectivity index (χ2n) is 3.82. The molecule has 0 radical (unpaired) electrons. The molecule has 1 aliphatic heterocycles. The highest BCUT2D eigenvalue weighted by Crippen LogP contribution is 2.26. The predicted octanol–water partition coefficient (Wildman–Crippen LogP) is 1.55. The molecule has 0 aromatic carbocycles. The van der Waals surface area contributed by atoms with E-state index in [1.165, 1.54) is 0 Å². The van der Waals surface area contributed by atoms with Gasteiger partial charge in [0, 0.05) is 25.4 Å². The highest BCUT2D eigenvalue weighted by atomic mass is 16.1. The Kier molecular flexibility index (Phi) is 3.27. The molecule has 1 aliphatic rings. The molecular weight excluding hydrogens is 150 g/mol. The van der Waals surface area contributed by atoms with Crippen molar-refractivity contribution in [2.24, 2.45) is 11.8 Å². The van der Waals surface area contributed by atoms with Crippen LogP contribution in [-0.4, -0.2) is 30.8 Å². The highest BCUT2D eigenvalue weighted by Gasteiger charge is 2.33. The van der Waals surface area contributed by atoms with Crippen molar-refractivity contribution in [3.8, 4) is 0 Å². The molecule has 1 fully saturated rings. The number of ketones is 1. The van der Waals surface area contributed by atoms with E-state index in [2.05, 4.69) is 18.9 Å². The van der Waals surface area contributed by atoms with Gasteiger partial charge in [-0.05, 0) is 13.0 Å². The lowest BCUT2D eigenvalue weighted by atomic mass is 9.89. The van der Waals surface area contributed by atoms with Crippen molar-refractivity contribution in [3.63, 3.8) is 0 Å². The summed E-state index contributed by atoms with van der Waals surface area (Å²) in [6.45, 7) is 6.23. The van der Waals surface area contributed by atoms with Crippen LogP contribution in [0.2, 0.25) is 0 Å². The van der Waals surface area contributed by atoms with Gasteiger partial charge in [0.15, 0.2) is 0 Å². The summed E-state index contributed by atoms with van der Waals surface area (Å²) in [4.78, 5) is 13.8. The Labute approximate surface area is 74.9 Å². The molecule has 1 heterocycles. The van der Waals surface area contributed by atoms with Gasteiger partial charge in [0.25, 0.3) is 0 Å². The molecule has 2 nitrogen and oxygen atoms in total. The molecule has 2 atom stereocenters. The quantitative estimate of drug-likeness (QED) is 0.639. The molecule has 70 valence electrons. The maximum atomic E-state index is 11.5. The fourth-order valence-corrected chi connectivity index (χ4v) is 2.13. The maximum Gasteiger partial charge on any atom is 0.137 e. The van der Waals surface area contributed by atoms with Crippen LogP contribution in [0.1, 0.15) is 26.7 Å². The SMILES string of the molecule is CCC(=O)C1CN(C)C[C@H]1CC. The monoisotopic (exact) mass is 169 g/mol. The summed E-state index contributed by atoms with van der Waals surface area (Å²) < 4.78 is 0.